The molecule has 1 aromatic heterocycles. The molecule has 5 nitrogen and oxygen atoms in total. The second-order valence-electron chi connectivity index (χ2n) is 4.27. The first-order chi connectivity index (χ1) is 9.99. The molecule has 0 atom stereocenters. The number of halogens is 1. The molecule has 1 amide bonds. The summed E-state index contributed by atoms with van der Waals surface area (Å²) in [5.41, 5.74) is 0.840. The molecule has 0 aliphatic rings. The van der Waals surface area contributed by atoms with E-state index in [1.54, 1.807) is 13.0 Å². The van der Waals surface area contributed by atoms with Gasteiger partial charge in [0, 0.05) is 16.8 Å². The lowest BCUT2D eigenvalue weighted by Gasteiger charge is -2.06. The van der Waals surface area contributed by atoms with Gasteiger partial charge in [0.1, 0.15) is 5.56 Å². The van der Waals surface area contributed by atoms with Gasteiger partial charge in [-0.2, -0.15) is 0 Å². The van der Waals surface area contributed by atoms with E-state index in [1.165, 1.54) is 18.0 Å². The molecule has 0 unspecified atom stereocenters. The Kier molecular flexibility index (Phi) is 4.93. The van der Waals surface area contributed by atoms with Gasteiger partial charge in [0.25, 0.3) is 0 Å². The van der Waals surface area contributed by atoms with Crippen molar-refractivity contribution in [3.05, 3.63) is 46.7 Å². The number of amides is 1. The fourth-order valence-electron chi connectivity index (χ4n) is 1.79. The number of nitrogens with one attached hydrogen (secondary N) is 2. The highest BCUT2D eigenvalue weighted by atomic mass is 35.5. The van der Waals surface area contributed by atoms with Crippen LogP contribution < -0.4 is 5.32 Å². The average Bonchev–Trinajstić information content (AvgIpc) is 2.79. The van der Waals surface area contributed by atoms with Crippen LogP contribution in [-0.2, 0) is 4.79 Å². The Balaban J connectivity index is 2.00. The number of carbonyl (C=O) groups excluding carboxylic acids is 1. The summed E-state index contributed by atoms with van der Waals surface area (Å²) in [7, 11) is 0. The highest BCUT2D eigenvalue weighted by molar-refractivity contribution is 8.00. The van der Waals surface area contributed by atoms with Gasteiger partial charge in [-0.15, -0.1) is 11.8 Å². The quantitative estimate of drug-likeness (QED) is 0.736. The maximum atomic E-state index is 11.9. The summed E-state index contributed by atoms with van der Waals surface area (Å²) >= 11 is 7.30. The van der Waals surface area contributed by atoms with Crippen LogP contribution >= 0.6 is 23.4 Å². The second-order valence-corrected chi connectivity index (χ2v) is 5.70. The van der Waals surface area contributed by atoms with Crippen LogP contribution in [0.3, 0.4) is 0 Å². The molecule has 7 heteroatoms. The molecule has 1 heterocycles. The molecule has 0 radical (unpaired) electrons. The number of hydrogen-bond acceptors (Lipinski definition) is 3. The second kappa shape index (κ2) is 6.69. The molecule has 0 bridgehead atoms. The first kappa shape index (κ1) is 15.5. The standard InChI is InChI=1S/C14H13ClN2O3S/c1-8-13(14(19)20)10(6-16-8)17-12(18)7-21-11-5-3-2-4-9(11)15/h2-6,16H,7H2,1H3,(H,17,18)(H,19,20). The zero-order chi connectivity index (χ0) is 15.4. The van der Waals surface area contributed by atoms with Crippen molar-refractivity contribution in [2.75, 3.05) is 11.1 Å². The van der Waals surface area contributed by atoms with Gasteiger partial charge in [-0.25, -0.2) is 4.79 Å². The number of aromatic nitrogens is 1. The largest absolute Gasteiger partial charge is 0.478 e. The van der Waals surface area contributed by atoms with Crippen molar-refractivity contribution in [3.8, 4) is 0 Å². The molecule has 21 heavy (non-hydrogen) atoms. The summed E-state index contributed by atoms with van der Waals surface area (Å²) < 4.78 is 0. The first-order valence-electron chi connectivity index (χ1n) is 6.07. The number of aryl methyl sites for hydroxylation is 1. The van der Waals surface area contributed by atoms with Crippen molar-refractivity contribution in [1.82, 2.24) is 4.98 Å². The smallest absolute Gasteiger partial charge is 0.339 e. The minimum Gasteiger partial charge on any atom is -0.478 e. The van der Waals surface area contributed by atoms with Crippen molar-refractivity contribution in [3.63, 3.8) is 0 Å². The van der Waals surface area contributed by atoms with Gasteiger partial charge in [0.2, 0.25) is 5.91 Å². The molecule has 0 spiro atoms. The molecular formula is C14H13ClN2O3S. The monoisotopic (exact) mass is 324 g/mol. The summed E-state index contributed by atoms with van der Waals surface area (Å²) in [6, 6.07) is 7.22. The third kappa shape index (κ3) is 3.80. The Morgan fingerprint density at radius 3 is 2.76 bits per heavy atom. The summed E-state index contributed by atoms with van der Waals surface area (Å²) in [6.45, 7) is 1.64. The number of aromatic carboxylic acids is 1. The minimum absolute atomic E-state index is 0.0751. The van der Waals surface area contributed by atoms with Gasteiger partial charge in [0.15, 0.2) is 0 Å². The minimum atomic E-state index is -1.08. The van der Waals surface area contributed by atoms with Gasteiger partial charge < -0.3 is 15.4 Å². The Bertz CT molecular complexity index is 685. The van der Waals surface area contributed by atoms with Gasteiger partial charge >= 0.3 is 5.97 Å². The molecule has 2 aromatic rings. The number of aromatic amines is 1. The Morgan fingerprint density at radius 1 is 1.38 bits per heavy atom. The lowest BCUT2D eigenvalue weighted by molar-refractivity contribution is -0.113. The molecular weight excluding hydrogens is 312 g/mol. The van der Waals surface area contributed by atoms with Crippen LogP contribution in [0.15, 0.2) is 35.4 Å². The van der Waals surface area contributed by atoms with Crippen LogP contribution in [0, 0.1) is 6.92 Å². The molecule has 0 aliphatic heterocycles. The maximum Gasteiger partial charge on any atom is 0.339 e. The molecule has 0 saturated carbocycles. The van der Waals surface area contributed by atoms with E-state index in [0.717, 1.165) is 4.90 Å². The highest BCUT2D eigenvalue weighted by Crippen LogP contribution is 2.27. The highest BCUT2D eigenvalue weighted by Gasteiger charge is 2.17. The molecule has 0 aliphatic carbocycles. The van der Waals surface area contributed by atoms with Gasteiger partial charge in [-0.05, 0) is 19.1 Å². The van der Waals surface area contributed by atoms with E-state index in [1.807, 2.05) is 18.2 Å². The fraction of sp³-hybridized carbons (Fsp3) is 0.143. The van der Waals surface area contributed by atoms with Gasteiger partial charge in [-0.3, -0.25) is 4.79 Å². The number of carboxylic acids is 1. The maximum absolute atomic E-state index is 11.9. The number of carbonyl (C=O) groups is 2. The van der Waals surface area contributed by atoms with E-state index in [-0.39, 0.29) is 22.9 Å². The molecule has 1 aromatic carbocycles. The number of rotatable bonds is 5. The van der Waals surface area contributed by atoms with E-state index in [9.17, 15) is 9.59 Å². The Labute approximate surface area is 130 Å². The zero-order valence-corrected chi connectivity index (χ0v) is 12.7. The van der Waals surface area contributed by atoms with Crippen LogP contribution in [0.1, 0.15) is 16.1 Å². The zero-order valence-electron chi connectivity index (χ0n) is 11.1. The van der Waals surface area contributed by atoms with E-state index >= 15 is 0 Å². The van der Waals surface area contributed by atoms with Crippen molar-refractivity contribution in [2.45, 2.75) is 11.8 Å². The topological polar surface area (TPSA) is 82.2 Å². The van der Waals surface area contributed by atoms with Crippen molar-refractivity contribution in [2.24, 2.45) is 0 Å². The number of benzene rings is 1. The number of hydrogen-bond donors (Lipinski definition) is 3. The van der Waals surface area contributed by atoms with Gasteiger partial charge in [0.05, 0.1) is 16.5 Å². The number of anilines is 1. The lowest BCUT2D eigenvalue weighted by Crippen LogP contribution is -2.15. The van der Waals surface area contributed by atoms with Crippen LogP contribution in [-0.4, -0.2) is 27.7 Å². The van der Waals surface area contributed by atoms with Crippen LogP contribution in [0.4, 0.5) is 5.69 Å². The summed E-state index contributed by atoms with van der Waals surface area (Å²) in [5, 5.41) is 12.3. The van der Waals surface area contributed by atoms with Crippen LogP contribution in [0.2, 0.25) is 5.02 Å². The first-order valence-corrected chi connectivity index (χ1v) is 7.44. The van der Waals surface area contributed by atoms with Crippen LogP contribution in [0.5, 0.6) is 0 Å². The molecule has 3 N–H and O–H groups in total. The van der Waals surface area contributed by atoms with Crippen molar-refractivity contribution < 1.29 is 14.7 Å². The van der Waals surface area contributed by atoms with Crippen molar-refractivity contribution >= 4 is 40.9 Å². The third-order valence-electron chi connectivity index (χ3n) is 2.76. The number of thioether (sulfide) groups is 1. The predicted molar refractivity (Wildman–Crippen MR) is 83.3 cm³/mol. The fourth-order valence-corrected chi connectivity index (χ4v) is 2.83. The number of H-pyrrole nitrogens is 1. The summed E-state index contributed by atoms with van der Waals surface area (Å²) in [5.74, 6) is -1.23. The Morgan fingerprint density at radius 2 is 2.10 bits per heavy atom. The summed E-state index contributed by atoms with van der Waals surface area (Å²) in [6.07, 6.45) is 1.47. The molecule has 110 valence electrons. The third-order valence-corrected chi connectivity index (χ3v) is 4.28. The van der Waals surface area contributed by atoms with Gasteiger partial charge in [-0.1, -0.05) is 23.7 Å². The average molecular weight is 325 g/mol. The Hall–Kier alpha value is -1.92. The SMILES string of the molecule is Cc1[nH]cc(NC(=O)CSc2ccccc2Cl)c1C(=O)O. The number of carboxylic acid groups (broad SMARTS) is 1. The normalized spacial score (nSPS) is 10.4. The molecule has 0 saturated heterocycles. The molecule has 2 rings (SSSR count). The summed E-state index contributed by atoms with van der Waals surface area (Å²) in [4.78, 5) is 26.6. The van der Waals surface area contributed by atoms with E-state index in [4.69, 9.17) is 16.7 Å². The van der Waals surface area contributed by atoms with E-state index < -0.39 is 5.97 Å². The van der Waals surface area contributed by atoms with E-state index in [0.29, 0.717) is 10.7 Å². The van der Waals surface area contributed by atoms with Crippen LogP contribution in [0.25, 0.3) is 0 Å². The van der Waals surface area contributed by atoms with E-state index in [2.05, 4.69) is 10.3 Å². The molecule has 0 fully saturated rings. The lowest BCUT2D eigenvalue weighted by atomic mass is 10.2. The predicted octanol–water partition coefficient (Wildman–Crippen LogP) is 3.41. The van der Waals surface area contributed by atoms with Crippen molar-refractivity contribution in [1.29, 1.82) is 0 Å².